The largest absolute Gasteiger partial charge is 0.465 e. The van der Waals surface area contributed by atoms with E-state index in [0.717, 1.165) is 42.6 Å². The Hall–Kier alpha value is -2.40. The van der Waals surface area contributed by atoms with Crippen molar-refractivity contribution in [1.29, 1.82) is 0 Å². The van der Waals surface area contributed by atoms with Crippen LogP contribution in [-0.2, 0) is 0 Å². The molecule has 1 aromatic carbocycles. The van der Waals surface area contributed by atoms with Gasteiger partial charge in [-0.1, -0.05) is 5.57 Å². The predicted octanol–water partition coefficient (Wildman–Crippen LogP) is 3.99. The van der Waals surface area contributed by atoms with E-state index in [2.05, 4.69) is 29.3 Å². The lowest BCUT2D eigenvalue weighted by atomic mass is 10.0. The van der Waals surface area contributed by atoms with Gasteiger partial charge in [-0.05, 0) is 56.7 Å². The average Bonchev–Trinajstić information content (AvgIpc) is 3.26. The second-order valence-electron chi connectivity index (χ2n) is 6.79. The Morgan fingerprint density at radius 2 is 2.20 bits per heavy atom. The van der Waals surface area contributed by atoms with E-state index in [4.69, 9.17) is 13.9 Å². The first kappa shape index (κ1) is 16.1. The van der Waals surface area contributed by atoms with Crippen molar-refractivity contribution in [3.8, 4) is 11.5 Å². The van der Waals surface area contributed by atoms with Crippen molar-refractivity contribution in [2.45, 2.75) is 25.8 Å². The molecule has 5 heteroatoms. The summed E-state index contributed by atoms with van der Waals surface area (Å²) in [6, 6.07) is 10.4. The topological polar surface area (TPSA) is 46.9 Å². The van der Waals surface area contributed by atoms with E-state index in [-0.39, 0.29) is 0 Å². The molecule has 1 unspecified atom stereocenters. The van der Waals surface area contributed by atoms with Gasteiger partial charge in [0.05, 0.1) is 6.26 Å². The number of rotatable bonds is 5. The summed E-state index contributed by atoms with van der Waals surface area (Å²) < 4.78 is 16.2. The molecule has 1 N–H and O–H groups in total. The molecule has 0 amide bonds. The quantitative estimate of drug-likeness (QED) is 0.892. The third-order valence-electron chi connectivity index (χ3n) is 4.65. The van der Waals surface area contributed by atoms with Crippen molar-refractivity contribution in [2.24, 2.45) is 0 Å². The Labute approximate surface area is 148 Å². The molecule has 0 aliphatic carbocycles. The molecule has 3 heterocycles. The maximum absolute atomic E-state index is 5.46. The Morgan fingerprint density at radius 3 is 3.08 bits per heavy atom. The lowest BCUT2D eigenvalue weighted by molar-refractivity contribution is 0.174. The molecule has 2 aromatic rings. The highest BCUT2D eigenvalue weighted by atomic mass is 16.7. The summed E-state index contributed by atoms with van der Waals surface area (Å²) in [6.07, 6.45) is 6.22. The minimum absolute atomic E-state index is 0.317. The van der Waals surface area contributed by atoms with Crippen molar-refractivity contribution in [3.63, 3.8) is 0 Å². The molecule has 4 rings (SSSR count). The average molecular weight is 340 g/mol. The summed E-state index contributed by atoms with van der Waals surface area (Å²) >= 11 is 0. The summed E-state index contributed by atoms with van der Waals surface area (Å²) in [7, 11) is 0. The van der Waals surface area contributed by atoms with Crippen LogP contribution in [0.1, 0.15) is 25.5 Å². The number of nitrogens with one attached hydrogen (secondary N) is 1. The summed E-state index contributed by atoms with van der Waals surface area (Å²) in [5.74, 6) is 2.58. The van der Waals surface area contributed by atoms with Crippen LogP contribution in [0.3, 0.4) is 0 Å². The van der Waals surface area contributed by atoms with Crippen LogP contribution in [0, 0.1) is 0 Å². The lowest BCUT2D eigenvalue weighted by Gasteiger charge is -2.33. The minimum atomic E-state index is 0.317. The van der Waals surface area contributed by atoms with Crippen LogP contribution in [0.5, 0.6) is 11.5 Å². The van der Waals surface area contributed by atoms with Gasteiger partial charge in [-0.2, -0.15) is 0 Å². The molecule has 1 fully saturated rings. The fraction of sp³-hybridized carbons (Fsp3) is 0.400. The molecule has 0 saturated carbocycles. The van der Waals surface area contributed by atoms with Gasteiger partial charge in [-0.3, -0.25) is 4.90 Å². The Balaban J connectivity index is 1.34. The number of hydrogen-bond acceptors (Lipinski definition) is 5. The first-order valence-corrected chi connectivity index (χ1v) is 8.85. The van der Waals surface area contributed by atoms with Crippen molar-refractivity contribution >= 4 is 11.8 Å². The minimum Gasteiger partial charge on any atom is -0.465 e. The zero-order valence-corrected chi connectivity index (χ0v) is 14.5. The molecule has 0 radical (unpaired) electrons. The number of piperidine rings is 1. The molecular weight excluding hydrogens is 316 g/mol. The summed E-state index contributed by atoms with van der Waals surface area (Å²) in [6.45, 7) is 5.63. The van der Waals surface area contributed by atoms with Gasteiger partial charge in [0.25, 0.3) is 0 Å². The van der Waals surface area contributed by atoms with E-state index in [9.17, 15) is 0 Å². The SMILES string of the molecule is C/C(=C\c1ccco1)CN1CCCC(Nc2ccc3c(c2)OCO3)C1. The van der Waals surface area contributed by atoms with Gasteiger partial charge in [0.15, 0.2) is 11.5 Å². The number of hydrogen-bond donors (Lipinski definition) is 1. The summed E-state index contributed by atoms with van der Waals surface area (Å²) in [4.78, 5) is 2.50. The molecule has 1 atom stereocenters. The molecule has 132 valence electrons. The zero-order chi connectivity index (χ0) is 17.1. The second-order valence-corrected chi connectivity index (χ2v) is 6.79. The number of nitrogens with zero attached hydrogens (tertiary/aromatic N) is 1. The molecule has 0 bridgehead atoms. The highest BCUT2D eigenvalue weighted by Gasteiger charge is 2.21. The van der Waals surface area contributed by atoms with Crippen LogP contribution in [0.25, 0.3) is 6.08 Å². The maximum Gasteiger partial charge on any atom is 0.231 e. The Kier molecular flexibility index (Phi) is 4.65. The van der Waals surface area contributed by atoms with Crippen LogP contribution in [0.4, 0.5) is 5.69 Å². The smallest absolute Gasteiger partial charge is 0.231 e. The van der Waals surface area contributed by atoms with Gasteiger partial charge >= 0.3 is 0 Å². The number of fused-ring (bicyclic) bond motifs is 1. The highest BCUT2D eigenvalue weighted by molar-refractivity contribution is 5.56. The Bertz CT molecular complexity index is 739. The van der Waals surface area contributed by atoms with Crippen LogP contribution < -0.4 is 14.8 Å². The number of benzene rings is 1. The maximum atomic E-state index is 5.46. The monoisotopic (exact) mass is 340 g/mol. The van der Waals surface area contributed by atoms with Crippen molar-refractivity contribution in [2.75, 3.05) is 31.7 Å². The first-order valence-electron chi connectivity index (χ1n) is 8.85. The molecule has 25 heavy (non-hydrogen) atoms. The summed E-state index contributed by atoms with van der Waals surface area (Å²) in [5, 5.41) is 3.64. The van der Waals surface area contributed by atoms with E-state index in [1.165, 1.54) is 18.4 Å². The van der Waals surface area contributed by atoms with Gasteiger partial charge < -0.3 is 19.2 Å². The molecule has 0 spiro atoms. The van der Waals surface area contributed by atoms with Gasteiger partial charge in [0.2, 0.25) is 6.79 Å². The molecule has 1 saturated heterocycles. The van der Waals surface area contributed by atoms with Gasteiger partial charge in [0, 0.05) is 30.9 Å². The highest BCUT2D eigenvalue weighted by Crippen LogP contribution is 2.34. The third kappa shape index (κ3) is 3.99. The molecule has 5 nitrogen and oxygen atoms in total. The van der Waals surface area contributed by atoms with Crippen molar-refractivity contribution in [1.82, 2.24) is 4.90 Å². The Morgan fingerprint density at radius 1 is 1.28 bits per heavy atom. The van der Waals surface area contributed by atoms with E-state index in [1.807, 2.05) is 24.3 Å². The van der Waals surface area contributed by atoms with Gasteiger partial charge in [-0.25, -0.2) is 0 Å². The van der Waals surface area contributed by atoms with Crippen LogP contribution in [0.2, 0.25) is 0 Å². The van der Waals surface area contributed by atoms with Crippen LogP contribution >= 0.6 is 0 Å². The molecular formula is C20H24N2O3. The third-order valence-corrected chi connectivity index (χ3v) is 4.65. The fourth-order valence-corrected chi connectivity index (χ4v) is 3.55. The van der Waals surface area contributed by atoms with E-state index in [1.54, 1.807) is 6.26 Å². The van der Waals surface area contributed by atoms with Crippen molar-refractivity contribution < 1.29 is 13.9 Å². The van der Waals surface area contributed by atoms with Crippen molar-refractivity contribution in [3.05, 3.63) is 47.9 Å². The second kappa shape index (κ2) is 7.23. The standard InChI is InChI=1S/C20H24N2O3/c1-15(10-18-5-3-9-23-18)12-22-8-2-4-17(13-22)21-16-6-7-19-20(11-16)25-14-24-19/h3,5-7,9-11,17,21H,2,4,8,12-14H2,1H3/b15-10+. The predicted molar refractivity (Wildman–Crippen MR) is 98.0 cm³/mol. The molecule has 2 aliphatic rings. The lowest BCUT2D eigenvalue weighted by Crippen LogP contribution is -2.42. The summed E-state index contributed by atoms with van der Waals surface area (Å²) in [5.41, 5.74) is 2.41. The first-order chi connectivity index (χ1) is 12.3. The number of likely N-dealkylation sites (tertiary alicyclic amines) is 1. The van der Waals surface area contributed by atoms with E-state index >= 15 is 0 Å². The normalized spacial score (nSPS) is 20.7. The molecule has 2 aliphatic heterocycles. The van der Waals surface area contributed by atoms with Gasteiger partial charge in [-0.15, -0.1) is 0 Å². The van der Waals surface area contributed by atoms with Gasteiger partial charge in [0.1, 0.15) is 5.76 Å². The number of anilines is 1. The fourth-order valence-electron chi connectivity index (χ4n) is 3.55. The van der Waals surface area contributed by atoms with E-state index < -0.39 is 0 Å². The molecule has 1 aromatic heterocycles. The zero-order valence-electron chi connectivity index (χ0n) is 14.5. The van der Waals surface area contributed by atoms with Crippen LogP contribution in [-0.4, -0.2) is 37.4 Å². The van der Waals surface area contributed by atoms with E-state index in [0.29, 0.717) is 12.8 Å². The number of furan rings is 1. The number of ether oxygens (including phenoxy) is 2. The van der Waals surface area contributed by atoms with Crippen LogP contribution in [0.15, 0.2) is 46.6 Å².